The number of hydrogen-bond acceptors (Lipinski definition) is 4. The number of halogens is 2. The van der Waals surface area contributed by atoms with Crippen LogP contribution in [-0.4, -0.2) is 17.5 Å². The molecule has 1 atom stereocenters. The lowest BCUT2D eigenvalue weighted by Gasteiger charge is -2.32. The van der Waals surface area contributed by atoms with Gasteiger partial charge < -0.3 is 9.47 Å². The minimum Gasteiger partial charge on any atom is -0.443 e. The van der Waals surface area contributed by atoms with Crippen molar-refractivity contribution in [3.05, 3.63) is 63.6 Å². The largest absolute Gasteiger partial charge is 0.443 e. The molecule has 0 bridgehead atoms. The zero-order valence-electron chi connectivity index (χ0n) is 12.1. The normalized spacial score (nSPS) is 19.7. The molecule has 0 fully saturated rings. The number of esters is 2. The van der Waals surface area contributed by atoms with Crippen molar-refractivity contribution in [2.75, 3.05) is 0 Å². The molecule has 0 spiro atoms. The Hall–Kier alpha value is -2.04. The van der Waals surface area contributed by atoms with E-state index in [1.807, 2.05) is 0 Å². The number of fused-ring (bicyclic) bond motifs is 1. The van der Waals surface area contributed by atoms with Crippen LogP contribution in [0.2, 0.25) is 10.0 Å². The first kappa shape index (κ1) is 15.8. The molecule has 0 aliphatic carbocycles. The highest BCUT2D eigenvalue weighted by atomic mass is 35.5. The molecule has 3 rings (SSSR count). The first-order valence-electron chi connectivity index (χ1n) is 6.88. The topological polar surface area (TPSA) is 52.6 Å². The van der Waals surface area contributed by atoms with Gasteiger partial charge in [0.25, 0.3) is 0 Å². The third-order valence-corrected chi connectivity index (χ3v) is 4.44. The molecule has 1 heterocycles. The molecular formula is C17H12Cl2O4. The molecule has 0 N–H and O–H groups in total. The van der Waals surface area contributed by atoms with Crippen LogP contribution in [0.25, 0.3) is 0 Å². The van der Waals surface area contributed by atoms with E-state index in [9.17, 15) is 9.59 Å². The van der Waals surface area contributed by atoms with E-state index in [4.69, 9.17) is 32.7 Å². The Kier molecular flexibility index (Phi) is 4.04. The van der Waals surface area contributed by atoms with E-state index in [1.165, 1.54) is 13.0 Å². The molecule has 6 heteroatoms. The minimum absolute atomic E-state index is 0.125. The van der Waals surface area contributed by atoms with E-state index in [0.717, 1.165) is 5.56 Å². The van der Waals surface area contributed by atoms with Crippen LogP contribution in [0.1, 0.15) is 22.8 Å². The molecule has 2 aromatic rings. The molecule has 0 amide bonds. The third-order valence-electron chi connectivity index (χ3n) is 3.63. The highest BCUT2D eigenvalue weighted by Crippen LogP contribution is 2.34. The molecule has 2 aromatic carbocycles. The number of cyclic esters (lactones) is 1. The van der Waals surface area contributed by atoms with Crippen molar-refractivity contribution in [2.45, 2.75) is 18.9 Å². The fraction of sp³-hybridized carbons (Fsp3) is 0.176. The van der Waals surface area contributed by atoms with Crippen LogP contribution in [0.5, 0.6) is 5.75 Å². The van der Waals surface area contributed by atoms with E-state index in [2.05, 4.69) is 0 Å². The molecule has 0 saturated carbocycles. The summed E-state index contributed by atoms with van der Waals surface area (Å²) in [5, 5.41) is 0.404. The van der Waals surface area contributed by atoms with Crippen LogP contribution >= 0.6 is 23.2 Å². The first-order chi connectivity index (χ1) is 10.9. The Morgan fingerprint density at radius 1 is 1.17 bits per heavy atom. The lowest BCUT2D eigenvalue weighted by molar-refractivity contribution is -0.154. The quantitative estimate of drug-likeness (QED) is 0.605. The van der Waals surface area contributed by atoms with Crippen LogP contribution in [0.4, 0.5) is 0 Å². The smallest absolute Gasteiger partial charge is 0.356 e. The molecule has 23 heavy (non-hydrogen) atoms. The maximum absolute atomic E-state index is 12.5. The predicted molar refractivity (Wildman–Crippen MR) is 86.1 cm³/mol. The van der Waals surface area contributed by atoms with Gasteiger partial charge in [0, 0.05) is 6.42 Å². The van der Waals surface area contributed by atoms with Gasteiger partial charge in [0.2, 0.25) is 5.60 Å². The average Bonchev–Trinajstić information content (AvgIpc) is 2.51. The average molecular weight is 351 g/mol. The summed E-state index contributed by atoms with van der Waals surface area (Å²) in [7, 11) is 0. The third kappa shape index (κ3) is 2.92. The van der Waals surface area contributed by atoms with Crippen LogP contribution in [0.15, 0.2) is 42.5 Å². The molecule has 0 saturated heterocycles. The van der Waals surface area contributed by atoms with Gasteiger partial charge in [-0.1, -0.05) is 47.5 Å². The van der Waals surface area contributed by atoms with Gasteiger partial charge >= 0.3 is 11.9 Å². The van der Waals surface area contributed by atoms with E-state index in [0.29, 0.717) is 5.56 Å². The Balaban J connectivity index is 1.88. The van der Waals surface area contributed by atoms with Gasteiger partial charge in [0.15, 0.2) is 5.75 Å². The fourth-order valence-electron chi connectivity index (χ4n) is 2.42. The summed E-state index contributed by atoms with van der Waals surface area (Å²) in [6, 6.07) is 11.7. The molecule has 0 radical (unpaired) electrons. The van der Waals surface area contributed by atoms with E-state index in [-0.39, 0.29) is 22.2 Å². The molecule has 118 valence electrons. The SMILES string of the molecule is C[C@]1(C(=O)Oc2cccc(Cl)c2Cl)Cc2ccccc2C(=O)O1. The lowest BCUT2D eigenvalue weighted by atomic mass is 9.90. The molecule has 0 aromatic heterocycles. The van der Waals surface area contributed by atoms with E-state index in [1.54, 1.807) is 36.4 Å². The zero-order valence-corrected chi connectivity index (χ0v) is 13.6. The molecule has 0 unspecified atom stereocenters. The summed E-state index contributed by atoms with van der Waals surface area (Å²) >= 11 is 11.9. The number of hydrogen-bond donors (Lipinski definition) is 0. The van der Waals surface area contributed by atoms with Gasteiger partial charge in [0.1, 0.15) is 5.02 Å². The number of benzene rings is 2. The molecule has 1 aliphatic rings. The van der Waals surface area contributed by atoms with Crippen molar-refractivity contribution in [1.29, 1.82) is 0 Å². The Morgan fingerprint density at radius 3 is 2.70 bits per heavy atom. The predicted octanol–water partition coefficient (Wildman–Crippen LogP) is 4.07. The first-order valence-corrected chi connectivity index (χ1v) is 7.64. The van der Waals surface area contributed by atoms with Crippen molar-refractivity contribution in [2.24, 2.45) is 0 Å². The second-order valence-electron chi connectivity index (χ2n) is 5.40. The minimum atomic E-state index is -1.42. The number of rotatable bonds is 2. The Morgan fingerprint density at radius 2 is 1.91 bits per heavy atom. The van der Waals surface area contributed by atoms with Crippen molar-refractivity contribution >= 4 is 35.1 Å². The van der Waals surface area contributed by atoms with Gasteiger partial charge in [-0.15, -0.1) is 0 Å². The van der Waals surface area contributed by atoms with Crippen LogP contribution in [-0.2, 0) is 16.0 Å². The van der Waals surface area contributed by atoms with E-state index < -0.39 is 17.5 Å². The second kappa shape index (κ2) is 5.87. The van der Waals surface area contributed by atoms with Crippen molar-refractivity contribution in [3.63, 3.8) is 0 Å². The summed E-state index contributed by atoms with van der Waals surface area (Å²) in [6.45, 7) is 1.52. The van der Waals surface area contributed by atoms with Gasteiger partial charge in [-0.2, -0.15) is 0 Å². The highest BCUT2D eigenvalue weighted by Gasteiger charge is 2.44. The molecule has 4 nitrogen and oxygen atoms in total. The number of carbonyl (C=O) groups is 2. The van der Waals surface area contributed by atoms with Gasteiger partial charge in [0.05, 0.1) is 10.6 Å². The van der Waals surface area contributed by atoms with Crippen LogP contribution < -0.4 is 4.74 Å². The van der Waals surface area contributed by atoms with Crippen molar-refractivity contribution in [1.82, 2.24) is 0 Å². The Labute approximate surface area is 142 Å². The molecule has 1 aliphatic heterocycles. The van der Waals surface area contributed by atoms with Crippen molar-refractivity contribution in [3.8, 4) is 5.75 Å². The fourth-order valence-corrected chi connectivity index (χ4v) is 2.75. The lowest BCUT2D eigenvalue weighted by Crippen LogP contribution is -2.48. The summed E-state index contributed by atoms with van der Waals surface area (Å²) in [5.41, 5.74) is -0.226. The zero-order chi connectivity index (χ0) is 16.6. The standard InChI is InChI=1S/C17H12Cl2O4/c1-17(9-10-5-2-3-6-11(10)15(20)23-17)16(21)22-13-8-4-7-12(18)14(13)19/h2-8H,9H2,1H3/t17-/m1/s1. The molecular weight excluding hydrogens is 339 g/mol. The maximum Gasteiger partial charge on any atom is 0.356 e. The van der Waals surface area contributed by atoms with Crippen LogP contribution in [0, 0.1) is 0 Å². The summed E-state index contributed by atoms with van der Waals surface area (Å²) in [4.78, 5) is 24.6. The monoisotopic (exact) mass is 350 g/mol. The number of carbonyl (C=O) groups excluding carboxylic acids is 2. The van der Waals surface area contributed by atoms with Crippen molar-refractivity contribution < 1.29 is 19.1 Å². The summed E-state index contributed by atoms with van der Waals surface area (Å²) in [5.74, 6) is -1.13. The number of ether oxygens (including phenoxy) is 2. The van der Waals surface area contributed by atoms with Gasteiger partial charge in [-0.3, -0.25) is 0 Å². The van der Waals surface area contributed by atoms with Gasteiger partial charge in [-0.05, 0) is 30.7 Å². The highest BCUT2D eigenvalue weighted by molar-refractivity contribution is 6.43. The van der Waals surface area contributed by atoms with Gasteiger partial charge in [-0.25, -0.2) is 9.59 Å². The van der Waals surface area contributed by atoms with Crippen LogP contribution in [0.3, 0.4) is 0 Å². The summed E-state index contributed by atoms with van der Waals surface area (Å²) in [6.07, 6.45) is 0.228. The summed E-state index contributed by atoms with van der Waals surface area (Å²) < 4.78 is 10.6. The van der Waals surface area contributed by atoms with E-state index >= 15 is 0 Å². The maximum atomic E-state index is 12.5. The Bertz CT molecular complexity index is 803. The second-order valence-corrected chi connectivity index (χ2v) is 6.18.